The molecule has 0 saturated carbocycles. The Bertz CT molecular complexity index is 426. The van der Waals surface area contributed by atoms with Gasteiger partial charge in [-0.15, -0.1) is 6.42 Å². The molecule has 4 heteroatoms. The van der Waals surface area contributed by atoms with Crippen molar-refractivity contribution in [2.45, 2.75) is 65.6 Å². The smallest absolute Gasteiger partial charge is 0.247 e. The summed E-state index contributed by atoms with van der Waals surface area (Å²) in [5.74, 6) is 2.41. The molecule has 1 N–H and O–H groups in total. The van der Waals surface area contributed by atoms with Crippen LogP contribution in [0.2, 0.25) is 0 Å². The third-order valence-electron chi connectivity index (χ3n) is 3.59. The maximum Gasteiger partial charge on any atom is 0.247 e. The fourth-order valence-electron chi connectivity index (χ4n) is 2.40. The summed E-state index contributed by atoms with van der Waals surface area (Å²) in [7, 11) is 0. The van der Waals surface area contributed by atoms with Gasteiger partial charge in [-0.1, -0.05) is 33.6 Å². The van der Waals surface area contributed by atoms with E-state index in [4.69, 9.17) is 6.42 Å². The molecule has 1 rings (SSSR count). The van der Waals surface area contributed by atoms with Crippen LogP contribution in [0, 0.1) is 17.8 Å². The predicted molar refractivity (Wildman–Crippen MR) is 75.2 cm³/mol. The van der Waals surface area contributed by atoms with Crippen LogP contribution in [0.3, 0.4) is 0 Å². The quantitative estimate of drug-likeness (QED) is 0.769. The predicted octanol–water partition coefficient (Wildman–Crippen LogP) is 1.55. The van der Waals surface area contributed by atoms with Crippen molar-refractivity contribution in [3.05, 3.63) is 0 Å². The molecule has 0 aromatic heterocycles. The van der Waals surface area contributed by atoms with E-state index < -0.39 is 17.6 Å². The molecule has 2 unspecified atom stereocenters. The Morgan fingerprint density at radius 2 is 1.79 bits per heavy atom. The number of terminal acetylenes is 1. The van der Waals surface area contributed by atoms with Crippen molar-refractivity contribution < 1.29 is 9.59 Å². The number of nitrogens with one attached hydrogen (secondary N) is 1. The van der Waals surface area contributed by atoms with Crippen LogP contribution in [0.1, 0.15) is 48.0 Å². The lowest BCUT2D eigenvalue weighted by Gasteiger charge is -2.48. The Kier molecular flexibility index (Phi) is 4.00. The van der Waals surface area contributed by atoms with Gasteiger partial charge in [0.05, 0.1) is 5.54 Å². The highest BCUT2D eigenvalue weighted by molar-refractivity contribution is 5.98. The first-order valence-corrected chi connectivity index (χ1v) is 6.67. The number of carbonyl (C=O) groups is 2. The molecule has 1 heterocycles. The molecule has 1 aliphatic heterocycles. The highest BCUT2D eigenvalue weighted by atomic mass is 16.2. The first-order valence-electron chi connectivity index (χ1n) is 6.67. The van der Waals surface area contributed by atoms with E-state index in [0.717, 1.165) is 0 Å². The molecule has 1 fully saturated rings. The van der Waals surface area contributed by atoms with Crippen LogP contribution < -0.4 is 5.32 Å². The van der Waals surface area contributed by atoms with Gasteiger partial charge >= 0.3 is 0 Å². The van der Waals surface area contributed by atoms with Gasteiger partial charge in [-0.05, 0) is 25.7 Å². The van der Waals surface area contributed by atoms with E-state index in [9.17, 15) is 9.59 Å². The number of carbonyl (C=O) groups excluding carboxylic acids is 2. The monoisotopic (exact) mass is 264 g/mol. The van der Waals surface area contributed by atoms with Crippen molar-refractivity contribution in [3.8, 4) is 12.3 Å². The van der Waals surface area contributed by atoms with Gasteiger partial charge in [0.25, 0.3) is 0 Å². The number of amides is 2. The fraction of sp³-hybridized carbons (Fsp3) is 0.733. The minimum atomic E-state index is -0.765. The van der Waals surface area contributed by atoms with Gasteiger partial charge in [-0.3, -0.25) is 9.59 Å². The number of piperazine rings is 1. The summed E-state index contributed by atoms with van der Waals surface area (Å²) in [5, 5.41) is 2.83. The van der Waals surface area contributed by atoms with Gasteiger partial charge < -0.3 is 10.2 Å². The zero-order valence-corrected chi connectivity index (χ0v) is 12.7. The second kappa shape index (κ2) is 4.88. The van der Waals surface area contributed by atoms with E-state index in [0.29, 0.717) is 6.42 Å². The number of nitrogens with zero attached hydrogens (tertiary/aromatic N) is 1. The van der Waals surface area contributed by atoms with E-state index in [2.05, 4.69) is 11.2 Å². The SMILES string of the molecule is C#CC(C)(C)N1C(=O)C(C(C)(C)C)NC(=O)C1CC. The van der Waals surface area contributed by atoms with Gasteiger partial charge in [0.15, 0.2) is 0 Å². The zero-order valence-electron chi connectivity index (χ0n) is 12.7. The standard InChI is InChI=1S/C15H24N2O2/c1-8-10-12(18)16-11(14(3,4)5)13(19)17(10)15(6,7)9-2/h2,10-11H,8H2,1,3-7H3,(H,16,18). The second-order valence-corrected chi connectivity index (χ2v) is 6.64. The van der Waals surface area contributed by atoms with Crippen molar-refractivity contribution in [2.24, 2.45) is 5.41 Å². The summed E-state index contributed by atoms with van der Waals surface area (Å²) < 4.78 is 0. The molecule has 1 aliphatic rings. The third-order valence-corrected chi connectivity index (χ3v) is 3.59. The Balaban J connectivity index is 3.26. The fourth-order valence-corrected chi connectivity index (χ4v) is 2.40. The van der Waals surface area contributed by atoms with Crippen molar-refractivity contribution in [3.63, 3.8) is 0 Å². The van der Waals surface area contributed by atoms with Crippen LogP contribution in [0.5, 0.6) is 0 Å². The third kappa shape index (κ3) is 2.75. The van der Waals surface area contributed by atoms with Crippen LogP contribution >= 0.6 is 0 Å². The molecule has 0 aromatic rings. The van der Waals surface area contributed by atoms with E-state index in [1.165, 1.54) is 0 Å². The summed E-state index contributed by atoms with van der Waals surface area (Å²) in [6.07, 6.45) is 6.10. The molecule has 106 valence electrons. The van der Waals surface area contributed by atoms with Gasteiger partial charge in [-0.2, -0.15) is 0 Å². The number of hydrogen-bond acceptors (Lipinski definition) is 2. The first-order chi connectivity index (χ1) is 8.56. The lowest BCUT2D eigenvalue weighted by Crippen LogP contribution is -2.70. The summed E-state index contributed by atoms with van der Waals surface area (Å²) in [5.41, 5.74) is -1.10. The topological polar surface area (TPSA) is 49.4 Å². The van der Waals surface area contributed by atoms with Crippen molar-refractivity contribution in [2.75, 3.05) is 0 Å². The minimum absolute atomic E-state index is 0.0955. The summed E-state index contributed by atoms with van der Waals surface area (Å²) in [6.45, 7) is 11.3. The van der Waals surface area contributed by atoms with Gasteiger partial charge in [-0.25, -0.2) is 0 Å². The van der Waals surface area contributed by atoms with Crippen LogP contribution in [-0.4, -0.2) is 34.3 Å². The van der Waals surface area contributed by atoms with Crippen LogP contribution in [0.4, 0.5) is 0 Å². The van der Waals surface area contributed by atoms with Gasteiger partial charge in [0, 0.05) is 0 Å². The highest BCUT2D eigenvalue weighted by Crippen LogP contribution is 2.30. The van der Waals surface area contributed by atoms with Gasteiger partial charge in [0.1, 0.15) is 12.1 Å². The maximum absolute atomic E-state index is 12.7. The Labute approximate surface area is 115 Å². The van der Waals surface area contributed by atoms with Crippen molar-refractivity contribution in [1.29, 1.82) is 0 Å². The molecule has 2 amide bonds. The molecule has 4 nitrogen and oxygen atoms in total. The van der Waals surface area contributed by atoms with E-state index in [1.54, 1.807) is 18.7 Å². The van der Waals surface area contributed by atoms with Crippen LogP contribution in [-0.2, 0) is 9.59 Å². The minimum Gasteiger partial charge on any atom is -0.342 e. The Morgan fingerprint density at radius 3 is 2.16 bits per heavy atom. The van der Waals surface area contributed by atoms with Gasteiger partial charge in [0.2, 0.25) is 11.8 Å². The normalized spacial score (nSPS) is 25.0. The molecule has 0 radical (unpaired) electrons. The summed E-state index contributed by atoms with van der Waals surface area (Å²) in [6, 6.07) is -1.02. The molecule has 1 saturated heterocycles. The number of hydrogen-bond donors (Lipinski definition) is 1. The average molecular weight is 264 g/mol. The summed E-state index contributed by atoms with van der Waals surface area (Å²) in [4.78, 5) is 26.5. The molecular formula is C15H24N2O2. The molecule has 0 spiro atoms. The van der Waals surface area contributed by atoms with Crippen LogP contribution in [0.15, 0.2) is 0 Å². The Morgan fingerprint density at radius 1 is 1.26 bits per heavy atom. The lowest BCUT2D eigenvalue weighted by molar-refractivity contribution is -0.157. The van der Waals surface area contributed by atoms with Crippen LogP contribution in [0.25, 0.3) is 0 Å². The molecule has 19 heavy (non-hydrogen) atoms. The molecule has 2 atom stereocenters. The highest BCUT2D eigenvalue weighted by Gasteiger charge is 2.48. The number of rotatable bonds is 2. The molecular weight excluding hydrogens is 240 g/mol. The lowest BCUT2D eigenvalue weighted by atomic mass is 9.82. The summed E-state index contributed by atoms with van der Waals surface area (Å²) >= 11 is 0. The largest absolute Gasteiger partial charge is 0.342 e. The average Bonchev–Trinajstić information content (AvgIpc) is 2.29. The second-order valence-electron chi connectivity index (χ2n) is 6.64. The van der Waals surface area contributed by atoms with Crippen molar-refractivity contribution >= 4 is 11.8 Å². The molecule has 0 aliphatic carbocycles. The van der Waals surface area contributed by atoms with E-state index in [1.807, 2.05) is 27.7 Å². The molecule has 0 bridgehead atoms. The maximum atomic E-state index is 12.7. The molecule has 0 aromatic carbocycles. The first kappa shape index (κ1) is 15.6. The van der Waals surface area contributed by atoms with E-state index >= 15 is 0 Å². The Hall–Kier alpha value is -1.50. The van der Waals surface area contributed by atoms with E-state index in [-0.39, 0.29) is 17.2 Å². The van der Waals surface area contributed by atoms with Crippen molar-refractivity contribution in [1.82, 2.24) is 10.2 Å². The zero-order chi connectivity index (χ0) is 15.0.